The zero-order valence-electron chi connectivity index (χ0n) is 11.0. The zero-order valence-corrected chi connectivity index (χ0v) is 11.0. The van der Waals surface area contributed by atoms with Crippen LogP contribution in [-0.2, 0) is 20.5 Å². The van der Waals surface area contributed by atoms with Crippen molar-refractivity contribution in [3.8, 4) is 0 Å². The molecule has 0 aliphatic carbocycles. The van der Waals surface area contributed by atoms with Crippen molar-refractivity contribution >= 4 is 17.6 Å². The maximum absolute atomic E-state index is 12.7. The molecule has 1 fully saturated rings. The molecule has 0 aromatic heterocycles. The van der Waals surface area contributed by atoms with E-state index in [1.54, 1.807) is 0 Å². The van der Waals surface area contributed by atoms with Crippen molar-refractivity contribution < 1.29 is 32.6 Å². The molecule has 1 aliphatic rings. The normalized spacial score (nSPS) is 23.2. The number of hydrogen-bond acceptors (Lipinski definition) is 3. The summed E-state index contributed by atoms with van der Waals surface area (Å²) in [5.41, 5.74) is -2.57. The number of hydrogen-bond donors (Lipinski definition) is 1. The van der Waals surface area contributed by atoms with Gasteiger partial charge in [0.15, 0.2) is 5.60 Å². The van der Waals surface area contributed by atoms with Crippen LogP contribution in [0.15, 0.2) is 24.3 Å². The number of nitrogens with zero attached hydrogens (tertiary/aromatic N) is 1. The SMILES string of the molecule is CC1(C(=O)O)CN(c2cccc(C(F)(F)F)c2)C(=O)CO1. The van der Waals surface area contributed by atoms with Crippen molar-refractivity contribution in [3.63, 3.8) is 0 Å². The first-order valence-corrected chi connectivity index (χ1v) is 5.98. The Bertz CT molecular complexity index is 587. The van der Waals surface area contributed by atoms with Gasteiger partial charge in [0, 0.05) is 5.69 Å². The second-order valence-corrected chi connectivity index (χ2v) is 4.85. The molecule has 1 unspecified atom stereocenters. The summed E-state index contributed by atoms with van der Waals surface area (Å²) in [4.78, 5) is 23.9. The number of benzene rings is 1. The molecular formula is C13H12F3NO4. The van der Waals surface area contributed by atoms with Gasteiger partial charge >= 0.3 is 12.1 Å². The number of carboxylic acid groups (broad SMARTS) is 1. The Labute approximate surface area is 117 Å². The molecule has 1 amide bonds. The molecular weight excluding hydrogens is 291 g/mol. The molecule has 0 spiro atoms. The third-order valence-electron chi connectivity index (χ3n) is 3.21. The van der Waals surface area contributed by atoms with Crippen molar-refractivity contribution in [2.45, 2.75) is 18.7 Å². The maximum atomic E-state index is 12.7. The van der Waals surface area contributed by atoms with Crippen LogP contribution < -0.4 is 4.90 Å². The van der Waals surface area contributed by atoms with E-state index in [0.29, 0.717) is 0 Å². The van der Waals surface area contributed by atoms with E-state index < -0.39 is 35.8 Å². The summed E-state index contributed by atoms with van der Waals surface area (Å²) in [6.07, 6.45) is -4.54. The van der Waals surface area contributed by atoms with Crippen LogP contribution in [0.3, 0.4) is 0 Å². The number of anilines is 1. The lowest BCUT2D eigenvalue weighted by atomic mass is 10.0. The molecule has 114 valence electrons. The van der Waals surface area contributed by atoms with Crippen molar-refractivity contribution in [2.24, 2.45) is 0 Å². The lowest BCUT2D eigenvalue weighted by Crippen LogP contribution is -2.57. The number of amides is 1. The summed E-state index contributed by atoms with van der Waals surface area (Å²) >= 11 is 0. The monoisotopic (exact) mass is 303 g/mol. The van der Waals surface area contributed by atoms with Crippen molar-refractivity contribution in [2.75, 3.05) is 18.1 Å². The summed E-state index contributed by atoms with van der Waals surface area (Å²) in [6, 6.07) is 4.18. The lowest BCUT2D eigenvalue weighted by molar-refractivity contribution is -0.168. The number of ether oxygens (including phenoxy) is 1. The number of morpholine rings is 1. The first-order chi connectivity index (χ1) is 9.63. The Morgan fingerprint density at radius 3 is 2.67 bits per heavy atom. The molecule has 0 bridgehead atoms. The van der Waals surface area contributed by atoms with Gasteiger partial charge in [-0.3, -0.25) is 4.79 Å². The number of carbonyl (C=O) groups excluding carboxylic acids is 1. The van der Waals surface area contributed by atoms with Crippen LogP contribution in [0.2, 0.25) is 0 Å². The van der Waals surface area contributed by atoms with Crippen molar-refractivity contribution in [3.05, 3.63) is 29.8 Å². The van der Waals surface area contributed by atoms with E-state index in [4.69, 9.17) is 9.84 Å². The minimum Gasteiger partial charge on any atom is -0.479 e. The number of alkyl halides is 3. The Balaban J connectivity index is 2.36. The maximum Gasteiger partial charge on any atom is 0.416 e. The molecule has 21 heavy (non-hydrogen) atoms. The van der Waals surface area contributed by atoms with Gasteiger partial charge in [-0.2, -0.15) is 13.2 Å². The number of carbonyl (C=O) groups is 2. The van der Waals surface area contributed by atoms with Crippen LogP contribution in [-0.4, -0.2) is 35.7 Å². The largest absolute Gasteiger partial charge is 0.479 e. The summed E-state index contributed by atoms with van der Waals surface area (Å²) in [5.74, 6) is -1.87. The predicted octanol–water partition coefficient (Wildman–Crippen LogP) is 1.91. The van der Waals surface area contributed by atoms with E-state index >= 15 is 0 Å². The molecule has 5 nitrogen and oxygen atoms in total. The highest BCUT2D eigenvalue weighted by Crippen LogP contribution is 2.33. The average Bonchev–Trinajstić information content (AvgIpc) is 2.41. The molecule has 0 saturated carbocycles. The van der Waals surface area contributed by atoms with Crippen LogP contribution in [0.1, 0.15) is 12.5 Å². The van der Waals surface area contributed by atoms with Gasteiger partial charge in [-0.05, 0) is 25.1 Å². The topological polar surface area (TPSA) is 66.8 Å². The molecule has 1 aromatic rings. The van der Waals surface area contributed by atoms with E-state index in [1.807, 2.05) is 0 Å². The Morgan fingerprint density at radius 2 is 2.10 bits per heavy atom. The second kappa shape index (κ2) is 5.03. The van der Waals surface area contributed by atoms with Gasteiger partial charge in [-0.25, -0.2) is 4.79 Å². The van der Waals surface area contributed by atoms with Crippen LogP contribution in [0.5, 0.6) is 0 Å². The molecule has 1 N–H and O–H groups in total. The molecule has 1 aromatic carbocycles. The highest BCUT2D eigenvalue weighted by atomic mass is 19.4. The average molecular weight is 303 g/mol. The van der Waals surface area contributed by atoms with E-state index in [1.165, 1.54) is 19.1 Å². The van der Waals surface area contributed by atoms with Crippen LogP contribution in [0.25, 0.3) is 0 Å². The Kier molecular flexibility index (Phi) is 3.66. The van der Waals surface area contributed by atoms with Crippen LogP contribution in [0, 0.1) is 0 Å². The minimum atomic E-state index is -4.54. The van der Waals surface area contributed by atoms with E-state index in [2.05, 4.69) is 0 Å². The van der Waals surface area contributed by atoms with Gasteiger partial charge in [-0.15, -0.1) is 0 Å². The molecule has 0 radical (unpaired) electrons. The summed E-state index contributed by atoms with van der Waals surface area (Å²) in [6.45, 7) is 0.407. The van der Waals surface area contributed by atoms with Crippen LogP contribution in [0.4, 0.5) is 18.9 Å². The van der Waals surface area contributed by atoms with Crippen molar-refractivity contribution in [1.29, 1.82) is 0 Å². The third-order valence-corrected chi connectivity index (χ3v) is 3.21. The summed E-state index contributed by atoms with van der Waals surface area (Å²) < 4.78 is 43.0. The van der Waals surface area contributed by atoms with Gasteiger partial charge in [0.25, 0.3) is 5.91 Å². The molecule has 2 rings (SSSR count). The van der Waals surface area contributed by atoms with Gasteiger partial charge in [0.2, 0.25) is 0 Å². The van der Waals surface area contributed by atoms with Gasteiger partial charge in [0.1, 0.15) is 6.61 Å². The third kappa shape index (κ3) is 2.99. The molecule has 1 heterocycles. The second-order valence-electron chi connectivity index (χ2n) is 4.85. The fourth-order valence-corrected chi connectivity index (χ4v) is 1.95. The minimum absolute atomic E-state index is 0.00870. The Morgan fingerprint density at radius 1 is 1.43 bits per heavy atom. The quantitative estimate of drug-likeness (QED) is 0.906. The fourth-order valence-electron chi connectivity index (χ4n) is 1.95. The van der Waals surface area contributed by atoms with E-state index in [-0.39, 0.29) is 12.2 Å². The number of carboxylic acids is 1. The van der Waals surface area contributed by atoms with Gasteiger partial charge in [-0.1, -0.05) is 6.07 Å². The molecule has 1 aliphatic heterocycles. The smallest absolute Gasteiger partial charge is 0.416 e. The van der Waals surface area contributed by atoms with Gasteiger partial charge in [0.05, 0.1) is 12.1 Å². The molecule has 1 saturated heterocycles. The molecule has 1 atom stereocenters. The number of halogens is 3. The van der Waals surface area contributed by atoms with Crippen molar-refractivity contribution in [1.82, 2.24) is 0 Å². The number of aliphatic carboxylic acids is 1. The predicted molar refractivity (Wildman–Crippen MR) is 65.8 cm³/mol. The number of rotatable bonds is 2. The first-order valence-electron chi connectivity index (χ1n) is 5.98. The highest BCUT2D eigenvalue weighted by molar-refractivity contribution is 5.97. The first kappa shape index (κ1) is 15.3. The zero-order chi connectivity index (χ0) is 15.8. The fraction of sp³-hybridized carbons (Fsp3) is 0.385. The summed E-state index contributed by atoms with van der Waals surface area (Å²) in [5, 5.41) is 9.09. The lowest BCUT2D eigenvalue weighted by Gasteiger charge is -2.37. The Hall–Kier alpha value is -2.09. The standard InChI is InChI=1S/C13H12F3NO4/c1-12(11(19)20)7-17(10(18)6-21-12)9-4-2-3-8(5-9)13(14,15)16/h2-5H,6-7H2,1H3,(H,19,20). The summed E-state index contributed by atoms with van der Waals surface area (Å²) in [7, 11) is 0. The molecule has 8 heteroatoms. The van der Waals surface area contributed by atoms with E-state index in [9.17, 15) is 22.8 Å². The van der Waals surface area contributed by atoms with E-state index in [0.717, 1.165) is 17.0 Å². The highest BCUT2D eigenvalue weighted by Gasteiger charge is 2.43. The van der Waals surface area contributed by atoms with Crippen LogP contribution >= 0.6 is 0 Å². The van der Waals surface area contributed by atoms with Gasteiger partial charge < -0.3 is 14.7 Å².